The van der Waals surface area contributed by atoms with E-state index in [4.69, 9.17) is 18.9 Å². The standard InChI is InChI=1S/C18H27N3O5/c1-23-12-13-26-18(19-6-7-21-8-10-25-11-9-21)20-17(22)15-4-3-5-16(14-15)24-2/h3-5,14H,6-13H2,1-2H3,(H,19,20,22). The zero-order valence-electron chi connectivity index (χ0n) is 15.4. The van der Waals surface area contributed by atoms with Gasteiger partial charge in [0.15, 0.2) is 0 Å². The number of aliphatic imine (C=N–C) groups is 1. The van der Waals surface area contributed by atoms with E-state index in [1.807, 2.05) is 0 Å². The summed E-state index contributed by atoms with van der Waals surface area (Å²) in [6, 6.07) is 7.11. The van der Waals surface area contributed by atoms with Gasteiger partial charge in [-0.05, 0) is 18.2 Å². The van der Waals surface area contributed by atoms with Gasteiger partial charge in [-0.1, -0.05) is 6.07 Å². The van der Waals surface area contributed by atoms with E-state index in [1.165, 1.54) is 0 Å². The quantitative estimate of drug-likeness (QED) is 0.416. The van der Waals surface area contributed by atoms with Crippen LogP contribution in [0.5, 0.6) is 5.75 Å². The molecule has 0 saturated carbocycles. The highest BCUT2D eigenvalue weighted by Gasteiger charge is 2.12. The van der Waals surface area contributed by atoms with Gasteiger partial charge in [0.05, 0.1) is 33.5 Å². The van der Waals surface area contributed by atoms with E-state index in [0.717, 1.165) is 32.8 Å². The molecule has 0 bridgehead atoms. The van der Waals surface area contributed by atoms with Gasteiger partial charge in [0.2, 0.25) is 0 Å². The third kappa shape index (κ3) is 6.99. The Labute approximate surface area is 154 Å². The van der Waals surface area contributed by atoms with Gasteiger partial charge in [0.25, 0.3) is 11.9 Å². The third-order valence-electron chi connectivity index (χ3n) is 3.85. The Balaban J connectivity index is 1.93. The van der Waals surface area contributed by atoms with Gasteiger partial charge in [0.1, 0.15) is 12.4 Å². The molecule has 1 saturated heterocycles. The molecule has 2 rings (SSSR count). The van der Waals surface area contributed by atoms with Crippen LogP contribution in [0.4, 0.5) is 0 Å². The van der Waals surface area contributed by atoms with Gasteiger partial charge in [-0.3, -0.25) is 15.0 Å². The minimum atomic E-state index is -0.300. The Kier molecular flexibility index (Phi) is 8.88. The molecule has 0 radical (unpaired) electrons. The molecular weight excluding hydrogens is 338 g/mol. The molecule has 1 aliphatic rings. The molecule has 26 heavy (non-hydrogen) atoms. The minimum absolute atomic E-state index is 0.197. The number of methoxy groups -OCH3 is 2. The maximum atomic E-state index is 12.4. The van der Waals surface area contributed by atoms with E-state index < -0.39 is 0 Å². The summed E-state index contributed by atoms with van der Waals surface area (Å²) in [5.74, 6) is 0.315. The van der Waals surface area contributed by atoms with Crippen LogP contribution in [0, 0.1) is 0 Å². The maximum Gasteiger partial charge on any atom is 0.291 e. The van der Waals surface area contributed by atoms with Crippen molar-refractivity contribution in [2.24, 2.45) is 4.99 Å². The zero-order chi connectivity index (χ0) is 18.6. The van der Waals surface area contributed by atoms with Crippen LogP contribution >= 0.6 is 0 Å². The second-order valence-electron chi connectivity index (χ2n) is 5.67. The van der Waals surface area contributed by atoms with Crippen LogP contribution < -0.4 is 10.1 Å². The lowest BCUT2D eigenvalue weighted by Crippen LogP contribution is -2.38. The third-order valence-corrected chi connectivity index (χ3v) is 3.85. The second kappa shape index (κ2) is 11.5. The number of carbonyl (C=O) groups excluding carboxylic acids is 1. The Morgan fingerprint density at radius 3 is 2.81 bits per heavy atom. The first-order valence-corrected chi connectivity index (χ1v) is 8.64. The van der Waals surface area contributed by atoms with Crippen LogP contribution in [0.15, 0.2) is 29.3 Å². The number of amidine groups is 1. The summed E-state index contributed by atoms with van der Waals surface area (Å²) in [5, 5.41) is 2.72. The summed E-state index contributed by atoms with van der Waals surface area (Å²) in [5.41, 5.74) is 0.473. The van der Waals surface area contributed by atoms with E-state index in [-0.39, 0.29) is 11.9 Å². The predicted molar refractivity (Wildman–Crippen MR) is 97.8 cm³/mol. The van der Waals surface area contributed by atoms with Gasteiger partial charge in [-0.2, -0.15) is 0 Å². The maximum absolute atomic E-state index is 12.4. The van der Waals surface area contributed by atoms with E-state index >= 15 is 0 Å². The molecule has 0 unspecified atom stereocenters. The van der Waals surface area contributed by atoms with Crippen molar-refractivity contribution >= 4 is 11.9 Å². The number of hydrogen-bond donors (Lipinski definition) is 1. The number of nitrogens with zero attached hydrogens (tertiary/aromatic N) is 2. The highest BCUT2D eigenvalue weighted by Crippen LogP contribution is 2.12. The molecule has 1 aromatic carbocycles. The summed E-state index contributed by atoms with van der Waals surface area (Å²) in [7, 11) is 3.15. The molecule has 0 spiro atoms. The molecule has 1 fully saturated rings. The average molecular weight is 365 g/mol. The van der Waals surface area contributed by atoms with E-state index in [2.05, 4.69) is 15.2 Å². The molecule has 1 aliphatic heterocycles. The summed E-state index contributed by atoms with van der Waals surface area (Å²) in [4.78, 5) is 19.1. The number of ether oxygens (including phenoxy) is 4. The predicted octanol–water partition coefficient (Wildman–Crippen LogP) is 0.776. The van der Waals surface area contributed by atoms with Crippen LogP contribution in [0.3, 0.4) is 0 Å². The molecule has 144 valence electrons. The summed E-state index contributed by atoms with van der Waals surface area (Å²) < 4.78 is 21.0. The number of benzene rings is 1. The molecule has 1 heterocycles. The number of carbonyl (C=O) groups is 1. The van der Waals surface area contributed by atoms with E-state index in [9.17, 15) is 4.79 Å². The molecule has 1 aromatic rings. The molecular formula is C18H27N3O5. The normalized spacial score (nSPS) is 15.5. The van der Waals surface area contributed by atoms with Crippen molar-refractivity contribution in [3.05, 3.63) is 29.8 Å². The lowest BCUT2D eigenvalue weighted by molar-refractivity contribution is 0.0393. The summed E-state index contributed by atoms with van der Waals surface area (Å²) in [6.07, 6.45) is 0. The first-order chi connectivity index (χ1) is 12.7. The molecule has 8 nitrogen and oxygen atoms in total. The van der Waals surface area contributed by atoms with Crippen molar-refractivity contribution in [2.75, 3.05) is 66.8 Å². The highest BCUT2D eigenvalue weighted by molar-refractivity contribution is 6.04. The topological polar surface area (TPSA) is 81.6 Å². The van der Waals surface area contributed by atoms with Crippen molar-refractivity contribution < 1.29 is 23.7 Å². The fourth-order valence-corrected chi connectivity index (χ4v) is 2.39. The number of nitrogens with one attached hydrogen (secondary N) is 1. The molecule has 1 amide bonds. The van der Waals surface area contributed by atoms with Crippen molar-refractivity contribution in [2.45, 2.75) is 0 Å². The van der Waals surface area contributed by atoms with Crippen molar-refractivity contribution in [1.29, 1.82) is 0 Å². The highest BCUT2D eigenvalue weighted by atomic mass is 16.5. The van der Waals surface area contributed by atoms with Crippen LogP contribution in [0.2, 0.25) is 0 Å². The van der Waals surface area contributed by atoms with Crippen molar-refractivity contribution in [3.8, 4) is 5.75 Å². The number of amides is 1. The van der Waals surface area contributed by atoms with E-state index in [1.54, 1.807) is 38.5 Å². The molecule has 1 N–H and O–H groups in total. The summed E-state index contributed by atoms with van der Waals surface area (Å²) in [6.45, 7) is 5.32. The molecule has 0 atom stereocenters. The first-order valence-electron chi connectivity index (χ1n) is 8.64. The fraction of sp³-hybridized carbons (Fsp3) is 0.556. The van der Waals surface area contributed by atoms with E-state index in [0.29, 0.717) is 31.1 Å². The molecule has 8 heteroatoms. The van der Waals surface area contributed by atoms with Crippen molar-refractivity contribution in [1.82, 2.24) is 10.2 Å². The van der Waals surface area contributed by atoms with Gasteiger partial charge < -0.3 is 18.9 Å². The Morgan fingerprint density at radius 2 is 2.08 bits per heavy atom. The zero-order valence-corrected chi connectivity index (χ0v) is 15.4. The van der Waals surface area contributed by atoms with Gasteiger partial charge >= 0.3 is 0 Å². The number of hydrogen-bond acceptors (Lipinski definition) is 7. The second-order valence-corrected chi connectivity index (χ2v) is 5.67. The lowest BCUT2D eigenvalue weighted by atomic mass is 10.2. The van der Waals surface area contributed by atoms with Crippen LogP contribution in [-0.4, -0.2) is 83.7 Å². The number of rotatable bonds is 8. The van der Waals surface area contributed by atoms with Gasteiger partial charge in [0, 0.05) is 32.3 Å². The average Bonchev–Trinajstić information content (AvgIpc) is 2.68. The Morgan fingerprint density at radius 1 is 1.27 bits per heavy atom. The van der Waals surface area contributed by atoms with Crippen LogP contribution in [0.25, 0.3) is 0 Å². The monoisotopic (exact) mass is 365 g/mol. The van der Waals surface area contributed by atoms with Gasteiger partial charge in [-0.25, -0.2) is 4.99 Å². The Bertz CT molecular complexity index is 588. The van der Waals surface area contributed by atoms with Crippen molar-refractivity contribution in [3.63, 3.8) is 0 Å². The van der Waals surface area contributed by atoms with Crippen LogP contribution in [0.1, 0.15) is 10.4 Å². The SMILES string of the molecule is COCCOC(=NCCN1CCOCC1)NC(=O)c1cccc(OC)c1. The largest absolute Gasteiger partial charge is 0.497 e. The molecule has 0 aromatic heterocycles. The van der Waals surface area contributed by atoms with Gasteiger partial charge in [-0.15, -0.1) is 0 Å². The smallest absolute Gasteiger partial charge is 0.291 e. The molecule has 0 aliphatic carbocycles. The fourth-order valence-electron chi connectivity index (χ4n) is 2.39. The Hall–Kier alpha value is -2.16. The summed E-state index contributed by atoms with van der Waals surface area (Å²) >= 11 is 0. The van der Waals surface area contributed by atoms with Crippen LogP contribution in [-0.2, 0) is 14.2 Å². The minimum Gasteiger partial charge on any atom is -0.497 e. The lowest BCUT2D eigenvalue weighted by Gasteiger charge is -2.25. The number of morpholine rings is 1. The first kappa shape index (κ1) is 20.2.